The fourth-order valence-corrected chi connectivity index (χ4v) is 2.23. The first-order valence-corrected chi connectivity index (χ1v) is 9.07. The van der Waals surface area contributed by atoms with Gasteiger partial charge >= 0.3 is 0 Å². The minimum atomic E-state index is -1.41. The summed E-state index contributed by atoms with van der Waals surface area (Å²) >= 11 is 0. The van der Waals surface area contributed by atoms with Gasteiger partial charge in [0.05, 0.1) is 6.61 Å². The van der Waals surface area contributed by atoms with E-state index in [2.05, 4.69) is 62.1 Å². The predicted molar refractivity (Wildman–Crippen MR) is 72.1 cm³/mol. The maximum absolute atomic E-state index is 5.90. The molecule has 0 saturated heterocycles. The maximum Gasteiger partial charge on any atom is 0.184 e. The molecule has 0 aliphatic carbocycles. The van der Waals surface area contributed by atoms with Crippen molar-refractivity contribution in [3.05, 3.63) is 48.0 Å². The Morgan fingerprint density at radius 1 is 0.938 bits per heavy atom. The van der Waals surface area contributed by atoms with Crippen molar-refractivity contribution in [1.82, 2.24) is 0 Å². The monoisotopic (exact) mass is 230 g/mol. The van der Waals surface area contributed by atoms with Gasteiger partial charge in [-0.1, -0.05) is 36.4 Å². The van der Waals surface area contributed by atoms with Gasteiger partial charge in [0.2, 0.25) is 0 Å². The van der Waals surface area contributed by atoms with Crippen molar-refractivity contribution in [3.8, 4) is 0 Å². The molecular formula is C14H18OSi. The molecule has 0 radical (unpaired) electrons. The van der Waals surface area contributed by atoms with Crippen molar-refractivity contribution in [1.29, 1.82) is 0 Å². The molecule has 0 heterocycles. The third-order valence-electron chi connectivity index (χ3n) is 2.49. The van der Waals surface area contributed by atoms with Gasteiger partial charge in [-0.25, -0.2) is 0 Å². The highest BCUT2D eigenvalue weighted by Gasteiger charge is 2.13. The van der Waals surface area contributed by atoms with Crippen molar-refractivity contribution >= 4 is 19.1 Å². The van der Waals surface area contributed by atoms with E-state index in [9.17, 15) is 0 Å². The van der Waals surface area contributed by atoms with Crippen LogP contribution in [-0.4, -0.2) is 8.32 Å². The number of hydrogen-bond donors (Lipinski definition) is 0. The first kappa shape index (κ1) is 11.4. The molecule has 0 atom stereocenters. The van der Waals surface area contributed by atoms with Crippen LogP contribution in [0.1, 0.15) is 5.56 Å². The number of fused-ring (bicyclic) bond motifs is 1. The first-order chi connectivity index (χ1) is 7.54. The van der Waals surface area contributed by atoms with E-state index >= 15 is 0 Å². The van der Waals surface area contributed by atoms with Crippen molar-refractivity contribution in [2.75, 3.05) is 0 Å². The van der Waals surface area contributed by atoms with Gasteiger partial charge in [0.25, 0.3) is 0 Å². The zero-order valence-electron chi connectivity index (χ0n) is 10.2. The van der Waals surface area contributed by atoms with Crippen molar-refractivity contribution in [2.24, 2.45) is 0 Å². The van der Waals surface area contributed by atoms with Gasteiger partial charge in [-0.05, 0) is 42.0 Å². The van der Waals surface area contributed by atoms with Crippen LogP contribution < -0.4 is 0 Å². The molecule has 1 nitrogen and oxygen atoms in total. The van der Waals surface area contributed by atoms with Crippen LogP contribution >= 0.6 is 0 Å². The Morgan fingerprint density at radius 2 is 1.62 bits per heavy atom. The summed E-state index contributed by atoms with van der Waals surface area (Å²) < 4.78 is 5.90. The van der Waals surface area contributed by atoms with E-state index in [1.165, 1.54) is 16.3 Å². The molecule has 0 spiro atoms. The first-order valence-electron chi connectivity index (χ1n) is 5.66. The molecule has 84 valence electrons. The van der Waals surface area contributed by atoms with Crippen LogP contribution in [0.25, 0.3) is 10.8 Å². The van der Waals surface area contributed by atoms with Crippen LogP contribution in [0, 0.1) is 0 Å². The molecule has 0 bridgehead atoms. The molecule has 0 aliphatic heterocycles. The molecule has 2 aromatic carbocycles. The van der Waals surface area contributed by atoms with E-state index in [0.29, 0.717) is 0 Å². The summed E-state index contributed by atoms with van der Waals surface area (Å²) in [7, 11) is -1.41. The van der Waals surface area contributed by atoms with Crippen LogP contribution in [0.15, 0.2) is 42.5 Å². The van der Waals surface area contributed by atoms with Gasteiger partial charge < -0.3 is 4.43 Å². The normalized spacial score (nSPS) is 11.9. The van der Waals surface area contributed by atoms with E-state index < -0.39 is 8.32 Å². The number of hydrogen-bond acceptors (Lipinski definition) is 1. The van der Waals surface area contributed by atoms with Gasteiger partial charge in [0, 0.05) is 0 Å². The molecular weight excluding hydrogens is 212 g/mol. The summed E-state index contributed by atoms with van der Waals surface area (Å²) in [6.07, 6.45) is 0. The Hall–Kier alpha value is -1.12. The van der Waals surface area contributed by atoms with Crippen LogP contribution in [0.3, 0.4) is 0 Å². The quantitative estimate of drug-likeness (QED) is 0.718. The van der Waals surface area contributed by atoms with Crippen LogP contribution in [0.5, 0.6) is 0 Å². The molecule has 0 N–H and O–H groups in total. The van der Waals surface area contributed by atoms with Gasteiger partial charge in [-0.2, -0.15) is 0 Å². The largest absolute Gasteiger partial charge is 0.413 e. The fourth-order valence-electron chi connectivity index (χ4n) is 1.63. The molecule has 2 rings (SSSR count). The average molecular weight is 230 g/mol. The van der Waals surface area contributed by atoms with Gasteiger partial charge in [0.1, 0.15) is 0 Å². The lowest BCUT2D eigenvalue weighted by Crippen LogP contribution is -2.24. The van der Waals surface area contributed by atoms with Crippen molar-refractivity contribution in [3.63, 3.8) is 0 Å². The third kappa shape index (κ3) is 2.94. The van der Waals surface area contributed by atoms with Gasteiger partial charge in [-0.15, -0.1) is 0 Å². The molecule has 2 heteroatoms. The van der Waals surface area contributed by atoms with Crippen LogP contribution in [0.4, 0.5) is 0 Å². The Kier molecular flexibility index (Phi) is 3.12. The third-order valence-corrected chi connectivity index (χ3v) is 3.50. The Labute approximate surface area is 98.2 Å². The molecule has 0 aromatic heterocycles. The second-order valence-electron chi connectivity index (χ2n) is 5.08. The average Bonchev–Trinajstić information content (AvgIpc) is 2.25. The summed E-state index contributed by atoms with van der Waals surface area (Å²) in [5.74, 6) is 0. The SMILES string of the molecule is C[Si](C)(C)OCc1ccc2ccccc2c1. The summed E-state index contributed by atoms with van der Waals surface area (Å²) in [6, 6.07) is 15.0. The van der Waals surface area contributed by atoms with E-state index in [0.717, 1.165) is 6.61 Å². The molecule has 0 amide bonds. The summed E-state index contributed by atoms with van der Waals surface area (Å²) in [5, 5.41) is 2.58. The van der Waals surface area contributed by atoms with E-state index in [1.54, 1.807) is 0 Å². The maximum atomic E-state index is 5.90. The Morgan fingerprint density at radius 3 is 2.31 bits per heavy atom. The smallest absolute Gasteiger partial charge is 0.184 e. The lowest BCUT2D eigenvalue weighted by atomic mass is 10.1. The lowest BCUT2D eigenvalue weighted by molar-refractivity contribution is 0.299. The lowest BCUT2D eigenvalue weighted by Gasteiger charge is -2.17. The topological polar surface area (TPSA) is 9.23 Å². The fraction of sp³-hybridized carbons (Fsp3) is 0.286. The van der Waals surface area contributed by atoms with E-state index in [-0.39, 0.29) is 0 Å². The zero-order valence-corrected chi connectivity index (χ0v) is 11.2. The molecule has 0 aliphatic rings. The van der Waals surface area contributed by atoms with Gasteiger partial charge in [-0.3, -0.25) is 0 Å². The van der Waals surface area contributed by atoms with Crippen LogP contribution in [0.2, 0.25) is 19.6 Å². The minimum Gasteiger partial charge on any atom is -0.413 e. The molecule has 2 aromatic rings. The van der Waals surface area contributed by atoms with Crippen LogP contribution in [-0.2, 0) is 11.0 Å². The summed E-state index contributed by atoms with van der Waals surface area (Å²) in [4.78, 5) is 0. The predicted octanol–water partition coefficient (Wildman–Crippen LogP) is 4.19. The second kappa shape index (κ2) is 4.40. The van der Waals surface area contributed by atoms with Crippen molar-refractivity contribution < 1.29 is 4.43 Å². The van der Waals surface area contributed by atoms with E-state index in [1.807, 2.05) is 0 Å². The number of benzene rings is 2. The van der Waals surface area contributed by atoms with Gasteiger partial charge in [0.15, 0.2) is 8.32 Å². The zero-order chi connectivity index (χ0) is 11.6. The molecule has 0 saturated carbocycles. The standard InChI is InChI=1S/C14H18OSi/c1-16(2,3)15-11-12-8-9-13-6-4-5-7-14(13)10-12/h4-10H,11H2,1-3H3. The highest BCUT2D eigenvalue weighted by atomic mass is 28.4. The number of rotatable bonds is 3. The summed E-state index contributed by atoms with van der Waals surface area (Å²) in [5.41, 5.74) is 1.26. The highest BCUT2D eigenvalue weighted by Crippen LogP contribution is 2.17. The summed E-state index contributed by atoms with van der Waals surface area (Å²) in [6.45, 7) is 7.39. The van der Waals surface area contributed by atoms with Crippen molar-refractivity contribution in [2.45, 2.75) is 26.2 Å². The molecule has 16 heavy (non-hydrogen) atoms. The Bertz CT molecular complexity index is 485. The molecule has 0 unspecified atom stereocenters. The molecule has 0 fully saturated rings. The van der Waals surface area contributed by atoms with E-state index in [4.69, 9.17) is 4.43 Å². The highest BCUT2D eigenvalue weighted by molar-refractivity contribution is 6.69. The Balaban J connectivity index is 2.20. The minimum absolute atomic E-state index is 0.737. The second-order valence-corrected chi connectivity index (χ2v) is 9.60.